The molecule has 0 aromatic heterocycles. The summed E-state index contributed by atoms with van der Waals surface area (Å²) >= 11 is 5.69. The van der Waals surface area contributed by atoms with E-state index in [1.165, 1.54) is 12.1 Å². The number of benzene rings is 2. The van der Waals surface area contributed by atoms with Crippen molar-refractivity contribution in [2.45, 2.75) is 6.92 Å². The molecule has 0 aliphatic heterocycles. The number of ether oxygens (including phenoxy) is 2. The Bertz CT molecular complexity index is 840. The van der Waals surface area contributed by atoms with Crippen molar-refractivity contribution in [3.8, 4) is 5.75 Å². The molecule has 2 aromatic rings. The van der Waals surface area contributed by atoms with Crippen LogP contribution in [0.3, 0.4) is 0 Å². The lowest BCUT2D eigenvalue weighted by atomic mass is 10.2. The third-order valence-corrected chi connectivity index (χ3v) is 3.46. The van der Waals surface area contributed by atoms with E-state index >= 15 is 0 Å². The van der Waals surface area contributed by atoms with E-state index in [4.69, 9.17) is 21.1 Å². The molecule has 0 fully saturated rings. The number of hydrogen-bond donors (Lipinski definition) is 1. The van der Waals surface area contributed by atoms with Crippen molar-refractivity contribution in [2.24, 2.45) is 0 Å². The summed E-state index contributed by atoms with van der Waals surface area (Å²) in [5.74, 6) is -0.853. The Morgan fingerprint density at radius 2 is 1.96 bits per heavy atom. The Morgan fingerprint density at radius 1 is 1.19 bits per heavy atom. The van der Waals surface area contributed by atoms with Crippen LogP contribution in [0.4, 0.5) is 11.4 Å². The van der Waals surface area contributed by atoms with E-state index in [0.717, 1.165) is 11.6 Å². The highest BCUT2D eigenvalue weighted by molar-refractivity contribution is 6.32. The van der Waals surface area contributed by atoms with Gasteiger partial charge in [0.2, 0.25) is 0 Å². The Hall–Kier alpha value is -3.13. The van der Waals surface area contributed by atoms with Crippen LogP contribution in [0, 0.1) is 17.0 Å². The van der Waals surface area contributed by atoms with Crippen molar-refractivity contribution in [1.82, 2.24) is 0 Å². The number of carbonyl (C=O) groups excluding carboxylic acids is 2. The van der Waals surface area contributed by atoms with Gasteiger partial charge in [-0.05, 0) is 36.8 Å². The summed E-state index contributed by atoms with van der Waals surface area (Å²) in [6, 6.07) is 10.9. The second-order valence-electron chi connectivity index (χ2n) is 5.24. The van der Waals surface area contributed by atoms with E-state index in [0.29, 0.717) is 5.75 Å². The molecule has 0 atom stereocenters. The maximum absolute atomic E-state index is 11.8. The molecule has 1 amide bonds. The minimum absolute atomic E-state index is 0.0484. The fourth-order valence-corrected chi connectivity index (χ4v) is 2.15. The van der Waals surface area contributed by atoms with Crippen LogP contribution >= 0.6 is 11.6 Å². The number of amides is 1. The molecule has 0 aliphatic rings. The molecule has 8 nitrogen and oxygen atoms in total. The normalized spacial score (nSPS) is 10.1. The van der Waals surface area contributed by atoms with Gasteiger partial charge in [-0.1, -0.05) is 23.7 Å². The first-order chi connectivity index (χ1) is 12.3. The Kier molecular flexibility index (Phi) is 6.51. The summed E-state index contributed by atoms with van der Waals surface area (Å²) in [7, 11) is 0. The summed E-state index contributed by atoms with van der Waals surface area (Å²) in [5.41, 5.74) is 0.804. The molecule has 0 spiro atoms. The van der Waals surface area contributed by atoms with Crippen molar-refractivity contribution in [2.75, 3.05) is 18.5 Å². The van der Waals surface area contributed by atoms with Crippen LogP contribution in [0.1, 0.15) is 5.56 Å². The van der Waals surface area contributed by atoms with Crippen molar-refractivity contribution >= 4 is 34.9 Å². The van der Waals surface area contributed by atoms with E-state index in [1.807, 2.05) is 13.0 Å². The average molecular weight is 379 g/mol. The number of nitro benzene ring substituents is 1. The van der Waals surface area contributed by atoms with Gasteiger partial charge >= 0.3 is 5.97 Å². The number of hydrogen-bond acceptors (Lipinski definition) is 6. The third-order valence-electron chi connectivity index (χ3n) is 3.14. The average Bonchev–Trinajstić information content (AvgIpc) is 2.59. The molecule has 2 rings (SSSR count). The molecule has 0 unspecified atom stereocenters. The monoisotopic (exact) mass is 378 g/mol. The van der Waals surface area contributed by atoms with E-state index in [1.54, 1.807) is 18.2 Å². The van der Waals surface area contributed by atoms with Crippen molar-refractivity contribution < 1.29 is 24.0 Å². The summed E-state index contributed by atoms with van der Waals surface area (Å²) in [6.07, 6.45) is 0. The summed E-state index contributed by atoms with van der Waals surface area (Å²) in [6.45, 7) is 0.992. The van der Waals surface area contributed by atoms with Crippen LogP contribution in [0.5, 0.6) is 5.75 Å². The molecule has 9 heteroatoms. The van der Waals surface area contributed by atoms with Gasteiger partial charge in [-0.3, -0.25) is 14.9 Å². The minimum atomic E-state index is -0.719. The number of nitrogens with zero attached hydrogens (tertiary/aromatic N) is 1. The van der Waals surface area contributed by atoms with Gasteiger partial charge in [0, 0.05) is 11.8 Å². The highest BCUT2D eigenvalue weighted by atomic mass is 35.5. The standard InChI is InChI=1S/C17H15ClN2O6/c1-11-3-2-4-13(7-11)25-10-17(22)26-9-16(21)19-12-5-6-14(18)15(8-12)20(23)24/h2-8H,9-10H2,1H3,(H,19,21). The zero-order chi connectivity index (χ0) is 19.1. The molecule has 0 saturated heterocycles. The smallest absolute Gasteiger partial charge is 0.344 e. The minimum Gasteiger partial charge on any atom is -0.482 e. The predicted octanol–water partition coefficient (Wildman–Crippen LogP) is 3.12. The molecule has 26 heavy (non-hydrogen) atoms. The first-order valence-electron chi connectivity index (χ1n) is 7.44. The molecule has 0 bridgehead atoms. The third kappa shape index (κ3) is 5.75. The van der Waals surface area contributed by atoms with E-state index in [2.05, 4.69) is 5.32 Å². The lowest BCUT2D eigenvalue weighted by Crippen LogP contribution is -2.23. The first kappa shape index (κ1) is 19.2. The molecule has 1 N–H and O–H groups in total. The summed E-state index contributed by atoms with van der Waals surface area (Å²) in [5, 5.41) is 13.1. The fraction of sp³-hybridized carbons (Fsp3) is 0.176. The summed E-state index contributed by atoms with van der Waals surface area (Å²) < 4.78 is 10.1. The number of rotatable bonds is 7. The van der Waals surface area contributed by atoms with E-state index < -0.39 is 23.4 Å². The van der Waals surface area contributed by atoms with Crippen molar-refractivity contribution in [1.29, 1.82) is 0 Å². The van der Waals surface area contributed by atoms with Gasteiger partial charge in [-0.2, -0.15) is 0 Å². The second kappa shape index (κ2) is 8.82. The quantitative estimate of drug-likeness (QED) is 0.450. The Balaban J connectivity index is 1.80. The molecule has 0 heterocycles. The largest absolute Gasteiger partial charge is 0.482 e. The summed E-state index contributed by atoms with van der Waals surface area (Å²) in [4.78, 5) is 33.5. The number of anilines is 1. The van der Waals surface area contributed by atoms with Crippen molar-refractivity contribution in [3.63, 3.8) is 0 Å². The Morgan fingerprint density at radius 3 is 2.65 bits per heavy atom. The van der Waals surface area contributed by atoms with Gasteiger partial charge in [-0.15, -0.1) is 0 Å². The lowest BCUT2D eigenvalue weighted by Gasteiger charge is -2.08. The number of nitrogens with one attached hydrogen (secondary N) is 1. The van der Waals surface area contributed by atoms with Gasteiger partial charge in [0.25, 0.3) is 11.6 Å². The van der Waals surface area contributed by atoms with Crippen LogP contribution in [-0.4, -0.2) is 30.0 Å². The van der Waals surface area contributed by atoms with Crippen LogP contribution in [0.15, 0.2) is 42.5 Å². The number of esters is 1. The van der Waals surface area contributed by atoms with E-state index in [-0.39, 0.29) is 23.0 Å². The van der Waals surface area contributed by atoms with Crippen LogP contribution in [0.25, 0.3) is 0 Å². The number of nitro groups is 1. The van der Waals surface area contributed by atoms with Gasteiger partial charge < -0.3 is 14.8 Å². The highest BCUT2D eigenvalue weighted by Crippen LogP contribution is 2.27. The zero-order valence-electron chi connectivity index (χ0n) is 13.7. The fourth-order valence-electron chi connectivity index (χ4n) is 1.96. The molecule has 0 saturated carbocycles. The first-order valence-corrected chi connectivity index (χ1v) is 7.82. The van der Waals surface area contributed by atoms with Gasteiger partial charge in [-0.25, -0.2) is 4.79 Å². The number of aryl methyl sites for hydroxylation is 1. The van der Waals surface area contributed by atoms with Gasteiger partial charge in [0.1, 0.15) is 10.8 Å². The maximum Gasteiger partial charge on any atom is 0.344 e. The molecule has 0 aliphatic carbocycles. The van der Waals surface area contributed by atoms with E-state index in [9.17, 15) is 19.7 Å². The molecule has 2 aromatic carbocycles. The van der Waals surface area contributed by atoms with Crippen LogP contribution in [-0.2, 0) is 14.3 Å². The number of halogens is 1. The molecule has 136 valence electrons. The van der Waals surface area contributed by atoms with Crippen molar-refractivity contribution in [3.05, 3.63) is 63.2 Å². The highest BCUT2D eigenvalue weighted by Gasteiger charge is 2.14. The Labute approximate surface area is 153 Å². The second-order valence-corrected chi connectivity index (χ2v) is 5.64. The lowest BCUT2D eigenvalue weighted by molar-refractivity contribution is -0.384. The SMILES string of the molecule is Cc1cccc(OCC(=O)OCC(=O)Nc2ccc(Cl)c([N+](=O)[O-])c2)c1. The molecule has 0 radical (unpaired) electrons. The van der Waals surface area contributed by atoms with Gasteiger partial charge in [0.05, 0.1) is 4.92 Å². The van der Waals surface area contributed by atoms with Gasteiger partial charge in [0.15, 0.2) is 13.2 Å². The maximum atomic E-state index is 11.8. The number of carbonyl (C=O) groups is 2. The van der Waals surface area contributed by atoms with Crippen LogP contribution < -0.4 is 10.1 Å². The zero-order valence-corrected chi connectivity index (χ0v) is 14.5. The topological polar surface area (TPSA) is 108 Å². The van der Waals surface area contributed by atoms with Crippen LogP contribution in [0.2, 0.25) is 5.02 Å². The molecular weight excluding hydrogens is 364 g/mol. The predicted molar refractivity (Wildman–Crippen MR) is 94.4 cm³/mol. The molecular formula is C17H15ClN2O6.